The molecule has 0 fully saturated rings. The lowest BCUT2D eigenvalue weighted by atomic mass is 10.3. The zero-order valence-corrected chi connectivity index (χ0v) is 11.3. The first-order valence-electron chi connectivity index (χ1n) is 6.20. The Bertz CT molecular complexity index is 551. The Hall–Kier alpha value is -2.36. The molecule has 2 aromatic rings. The maximum atomic E-state index is 4.47. The summed E-state index contributed by atoms with van der Waals surface area (Å²) in [6.07, 6.45) is 1.80. The van der Waals surface area contributed by atoms with Gasteiger partial charge in [0, 0.05) is 25.3 Å². The van der Waals surface area contributed by atoms with Crippen molar-refractivity contribution in [1.29, 1.82) is 0 Å². The number of aromatic nitrogens is 2. The second-order valence-electron chi connectivity index (χ2n) is 4.22. The molecule has 4 nitrogen and oxygen atoms in total. The molecule has 4 heteroatoms. The van der Waals surface area contributed by atoms with Gasteiger partial charge in [-0.25, -0.2) is 9.97 Å². The molecule has 1 heterocycles. The lowest BCUT2D eigenvalue weighted by Crippen LogP contribution is -2.13. The first-order valence-corrected chi connectivity index (χ1v) is 6.20. The van der Waals surface area contributed by atoms with Crippen LogP contribution in [-0.2, 0) is 0 Å². The van der Waals surface area contributed by atoms with Gasteiger partial charge in [0.15, 0.2) is 0 Å². The van der Waals surface area contributed by atoms with E-state index in [1.54, 1.807) is 6.08 Å². The second-order valence-corrected chi connectivity index (χ2v) is 4.22. The van der Waals surface area contributed by atoms with Gasteiger partial charge in [0.25, 0.3) is 0 Å². The van der Waals surface area contributed by atoms with Crippen LogP contribution in [0.1, 0.15) is 5.82 Å². The van der Waals surface area contributed by atoms with Crippen molar-refractivity contribution in [3.8, 4) is 0 Å². The van der Waals surface area contributed by atoms with Gasteiger partial charge in [0.2, 0.25) is 0 Å². The van der Waals surface area contributed by atoms with E-state index >= 15 is 0 Å². The molecular formula is C15H18N4. The molecule has 0 saturated heterocycles. The summed E-state index contributed by atoms with van der Waals surface area (Å²) in [6, 6.07) is 12.1. The Morgan fingerprint density at radius 3 is 2.68 bits per heavy atom. The number of hydrogen-bond acceptors (Lipinski definition) is 4. The Balaban J connectivity index is 2.28. The van der Waals surface area contributed by atoms with Crippen LogP contribution in [0.25, 0.3) is 0 Å². The number of rotatable bonds is 5. The minimum atomic E-state index is 0.685. The van der Waals surface area contributed by atoms with E-state index in [1.807, 2.05) is 55.3 Å². The Labute approximate surface area is 113 Å². The molecule has 1 aromatic carbocycles. The van der Waals surface area contributed by atoms with Gasteiger partial charge in [-0.15, -0.1) is 6.58 Å². The molecule has 0 saturated carbocycles. The lowest BCUT2D eigenvalue weighted by Gasteiger charge is -2.19. The third-order valence-corrected chi connectivity index (χ3v) is 2.74. The number of benzene rings is 1. The van der Waals surface area contributed by atoms with Gasteiger partial charge in [-0.1, -0.05) is 24.3 Å². The predicted octanol–water partition coefficient (Wildman–Crippen LogP) is 3.15. The van der Waals surface area contributed by atoms with Crippen LogP contribution in [0.15, 0.2) is 49.1 Å². The lowest BCUT2D eigenvalue weighted by molar-refractivity contribution is 1.01. The van der Waals surface area contributed by atoms with Crippen LogP contribution >= 0.6 is 0 Å². The average Bonchev–Trinajstić information content (AvgIpc) is 2.44. The van der Waals surface area contributed by atoms with Crippen LogP contribution in [0.5, 0.6) is 0 Å². The van der Waals surface area contributed by atoms with Gasteiger partial charge < -0.3 is 10.2 Å². The summed E-state index contributed by atoms with van der Waals surface area (Å²) in [5.41, 5.74) is 1.09. The summed E-state index contributed by atoms with van der Waals surface area (Å²) in [5.74, 6) is 2.42. The number of para-hydroxylation sites is 1. The summed E-state index contributed by atoms with van der Waals surface area (Å²) >= 11 is 0. The third kappa shape index (κ3) is 3.31. The fourth-order valence-corrected chi connectivity index (χ4v) is 1.77. The van der Waals surface area contributed by atoms with Gasteiger partial charge in [0.05, 0.1) is 0 Å². The summed E-state index contributed by atoms with van der Waals surface area (Å²) < 4.78 is 0. The van der Waals surface area contributed by atoms with E-state index in [9.17, 15) is 0 Å². The number of hydrogen-bond donors (Lipinski definition) is 1. The molecule has 98 valence electrons. The smallest absolute Gasteiger partial charge is 0.138 e. The molecular weight excluding hydrogens is 236 g/mol. The van der Waals surface area contributed by atoms with Gasteiger partial charge in [-0.3, -0.25) is 0 Å². The molecule has 0 bridgehead atoms. The van der Waals surface area contributed by atoms with Crippen LogP contribution in [-0.4, -0.2) is 23.6 Å². The molecule has 19 heavy (non-hydrogen) atoms. The van der Waals surface area contributed by atoms with Crippen molar-refractivity contribution in [3.63, 3.8) is 0 Å². The summed E-state index contributed by atoms with van der Waals surface area (Å²) in [4.78, 5) is 10.9. The Morgan fingerprint density at radius 2 is 2.00 bits per heavy atom. The third-order valence-electron chi connectivity index (χ3n) is 2.74. The quantitative estimate of drug-likeness (QED) is 0.832. The molecule has 0 atom stereocenters. The van der Waals surface area contributed by atoms with Crippen molar-refractivity contribution >= 4 is 17.3 Å². The van der Waals surface area contributed by atoms with Crippen LogP contribution < -0.4 is 10.2 Å². The zero-order valence-electron chi connectivity index (χ0n) is 11.3. The normalized spacial score (nSPS) is 10.0. The van der Waals surface area contributed by atoms with Crippen molar-refractivity contribution < 1.29 is 0 Å². The number of nitrogens with one attached hydrogen (secondary N) is 1. The van der Waals surface area contributed by atoms with Crippen molar-refractivity contribution in [2.45, 2.75) is 6.92 Å². The molecule has 1 N–H and O–H groups in total. The molecule has 0 spiro atoms. The summed E-state index contributed by atoms with van der Waals surface area (Å²) in [5, 5.41) is 3.19. The Kier molecular flexibility index (Phi) is 4.13. The van der Waals surface area contributed by atoms with Crippen LogP contribution in [0.2, 0.25) is 0 Å². The van der Waals surface area contributed by atoms with Crippen LogP contribution in [0, 0.1) is 6.92 Å². The van der Waals surface area contributed by atoms with Gasteiger partial charge in [-0.2, -0.15) is 0 Å². The van der Waals surface area contributed by atoms with E-state index in [-0.39, 0.29) is 0 Å². The molecule has 0 radical (unpaired) electrons. The average molecular weight is 254 g/mol. The zero-order chi connectivity index (χ0) is 13.7. The highest BCUT2D eigenvalue weighted by Gasteiger charge is 2.07. The van der Waals surface area contributed by atoms with Crippen molar-refractivity contribution in [1.82, 2.24) is 9.97 Å². The first kappa shape index (κ1) is 13.1. The SMILES string of the molecule is C=CCNc1cc(N(C)c2ccccc2)nc(C)n1. The molecule has 2 rings (SSSR count). The molecule has 1 aromatic heterocycles. The fourth-order valence-electron chi connectivity index (χ4n) is 1.77. The maximum absolute atomic E-state index is 4.47. The van der Waals surface area contributed by atoms with Crippen molar-refractivity contribution in [3.05, 3.63) is 54.9 Å². The van der Waals surface area contributed by atoms with E-state index in [1.165, 1.54) is 0 Å². The highest BCUT2D eigenvalue weighted by Crippen LogP contribution is 2.22. The van der Waals surface area contributed by atoms with Gasteiger partial charge in [0.1, 0.15) is 17.5 Å². The number of aryl methyl sites for hydroxylation is 1. The van der Waals surface area contributed by atoms with Crippen molar-refractivity contribution in [2.24, 2.45) is 0 Å². The minimum absolute atomic E-state index is 0.685. The first-order chi connectivity index (χ1) is 9.20. The molecule has 0 aliphatic rings. The summed E-state index contributed by atoms with van der Waals surface area (Å²) in [6.45, 7) is 6.26. The number of nitrogens with zero attached hydrogens (tertiary/aromatic N) is 3. The largest absolute Gasteiger partial charge is 0.366 e. The second kappa shape index (κ2) is 6.00. The monoisotopic (exact) mass is 254 g/mol. The molecule has 0 amide bonds. The maximum Gasteiger partial charge on any atom is 0.138 e. The van der Waals surface area contributed by atoms with Crippen LogP contribution in [0.3, 0.4) is 0 Å². The van der Waals surface area contributed by atoms with Crippen LogP contribution in [0.4, 0.5) is 17.3 Å². The number of anilines is 3. The van der Waals surface area contributed by atoms with E-state index < -0.39 is 0 Å². The van der Waals surface area contributed by atoms with E-state index in [0.29, 0.717) is 6.54 Å². The van der Waals surface area contributed by atoms with E-state index in [0.717, 1.165) is 23.1 Å². The highest BCUT2D eigenvalue weighted by atomic mass is 15.2. The summed E-state index contributed by atoms with van der Waals surface area (Å²) in [7, 11) is 1.99. The van der Waals surface area contributed by atoms with Gasteiger partial charge >= 0.3 is 0 Å². The standard InChI is InChI=1S/C15H18N4/c1-4-10-16-14-11-15(18-12(2)17-14)19(3)13-8-6-5-7-9-13/h4-9,11H,1,10H2,2-3H3,(H,16,17,18). The minimum Gasteiger partial charge on any atom is -0.366 e. The molecule has 0 aliphatic carbocycles. The molecule has 0 unspecified atom stereocenters. The molecule has 0 aliphatic heterocycles. The van der Waals surface area contributed by atoms with E-state index in [4.69, 9.17) is 0 Å². The van der Waals surface area contributed by atoms with E-state index in [2.05, 4.69) is 21.9 Å². The fraction of sp³-hybridized carbons (Fsp3) is 0.200. The predicted molar refractivity (Wildman–Crippen MR) is 80.0 cm³/mol. The highest BCUT2D eigenvalue weighted by molar-refractivity contribution is 5.61. The topological polar surface area (TPSA) is 41.0 Å². The Morgan fingerprint density at radius 1 is 1.26 bits per heavy atom. The van der Waals surface area contributed by atoms with Gasteiger partial charge in [-0.05, 0) is 19.1 Å². The van der Waals surface area contributed by atoms with Crippen molar-refractivity contribution in [2.75, 3.05) is 23.8 Å².